The SMILES string of the molecule is CN(Cc1ccccc1F)C(=O)CCSCc1nc2sc3c(c2c(=O)[nH]1)CCC3. The molecular formula is C21H22FN3O2S2. The number of nitrogens with zero attached hydrogens (tertiary/aromatic N) is 2. The molecule has 1 aromatic carbocycles. The Morgan fingerprint density at radius 2 is 2.17 bits per heavy atom. The van der Waals surface area contributed by atoms with Crippen LogP contribution in [0.3, 0.4) is 0 Å². The van der Waals surface area contributed by atoms with Crippen LogP contribution in [0.5, 0.6) is 0 Å². The maximum atomic E-state index is 13.7. The van der Waals surface area contributed by atoms with Gasteiger partial charge in [-0.2, -0.15) is 11.8 Å². The zero-order valence-electron chi connectivity index (χ0n) is 16.2. The second-order valence-electron chi connectivity index (χ2n) is 7.19. The number of carbonyl (C=O) groups is 1. The molecule has 0 spiro atoms. The maximum absolute atomic E-state index is 13.7. The molecule has 5 nitrogen and oxygen atoms in total. The highest BCUT2D eigenvalue weighted by atomic mass is 32.2. The Hall–Kier alpha value is -2.19. The van der Waals surface area contributed by atoms with Crippen molar-refractivity contribution in [1.29, 1.82) is 0 Å². The van der Waals surface area contributed by atoms with E-state index in [0.717, 1.165) is 29.5 Å². The third-order valence-electron chi connectivity index (χ3n) is 5.11. The Kier molecular flexibility index (Phi) is 6.01. The molecule has 0 saturated heterocycles. The molecule has 0 fully saturated rings. The average Bonchev–Trinajstić information content (AvgIpc) is 3.27. The van der Waals surface area contributed by atoms with E-state index < -0.39 is 0 Å². The van der Waals surface area contributed by atoms with Crippen LogP contribution < -0.4 is 5.56 Å². The molecule has 0 saturated carbocycles. The summed E-state index contributed by atoms with van der Waals surface area (Å²) in [5.41, 5.74) is 1.64. The van der Waals surface area contributed by atoms with Crippen molar-refractivity contribution >= 4 is 39.2 Å². The standard InChI is InChI=1S/C21H22FN3O2S2/c1-25(11-13-5-2-3-7-15(13)22)18(26)9-10-28-12-17-23-20(27)19-14-6-4-8-16(14)29-21(19)24-17/h2-3,5,7H,4,6,8-12H2,1H3,(H,23,24,27). The van der Waals surface area contributed by atoms with E-state index in [-0.39, 0.29) is 23.8 Å². The second kappa shape index (κ2) is 8.67. The quantitative estimate of drug-likeness (QED) is 0.577. The number of aromatic nitrogens is 2. The molecule has 0 unspecified atom stereocenters. The third-order valence-corrected chi connectivity index (χ3v) is 7.27. The predicted molar refractivity (Wildman–Crippen MR) is 116 cm³/mol. The molecule has 0 atom stereocenters. The lowest BCUT2D eigenvalue weighted by molar-refractivity contribution is -0.129. The summed E-state index contributed by atoms with van der Waals surface area (Å²) in [6, 6.07) is 6.49. The van der Waals surface area contributed by atoms with Crippen LogP contribution in [0.4, 0.5) is 4.39 Å². The summed E-state index contributed by atoms with van der Waals surface area (Å²) in [5.74, 6) is 1.49. The van der Waals surface area contributed by atoms with Crippen molar-refractivity contribution in [2.24, 2.45) is 0 Å². The first-order valence-corrected chi connectivity index (χ1v) is 11.6. The van der Waals surface area contributed by atoms with Crippen LogP contribution in [0.1, 0.15) is 34.7 Å². The largest absolute Gasteiger partial charge is 0.341 e. The van der Waals surface area contributed by atoms with Gasteiger partial charge >= 0.3 is 0 Å². The average molecular weight is 432 g/mol. The minimum Gasteiger partial charge on any atom is -0.341 e. The van der Waals surface area contributed by atoms with Crippen molar-refractivity contribution in [3.63, 3.8) is 0 Å². The van der Waals surface area contributed by atoms with Gasteiger partial charge in [0.2, 0.25) is 5.91 Å². The highest BCUT2D eigenvalue weighted by molar-refractivity contribution is 7.98. The molecule has 4 rings (SSSR count). The van der Waals surface area contributed by atoms with Crippen molar-refractivity contribution < 1.29 is 9.18 Å². The maximum Gasteiger partial charge on any atom is 0.259 e. The van der Waals surface area contributed by atoms with Crippen LogP contribution in [-0.4, -0.2) is 33.6 Å². The number of amides is 1. The summed E-state index contributed by atoms with van der Waals surface area (Å²) in [4.78, 5) is 35.9. The summed E-state index contributed by atoms with van der Waals surface area (Å²) in [5, 5.41) is 0.765. The molecule has 0 bridgehead atoms. The smallest absolute Gasteiger partial charge is 0.259 e. The Bertz CT molecular complexity index is 1110. The molecule has 3 aromatic rings. The number of benzene rings is 1. The van der Waals surface area contributed by atoms with Gasteiger partial charge in [-0.1, -0.05) is 18.2 Å². The third kappa shape index (κ3) is 4.38. The molecule has 1 amide bonds. The topological polar surface area (TPSA) is 66.1 Å². The molecule has 0 radical (unpaired) electrons. The highest BCUT2D eigenvalue weighted by Crippen LogP contribution is 2.34. The van der Waals surface area contributed by atoms with E-state index in [2.05, 4.69) is 9.97 Å². The van der Waals surface area contributed by atoms with Crippen molar-refractivity contribution in [3.8, 4) is 0 Å². The van der Waals surface area contributed by atoms with E-state index in [1.54, 1.807) is 53.2 Å². The molecule has 1 aliphatic rings. The lowest BCUT2D eigenvalue weighted by atomic mass is 10.2. The Morgan fingerprint density at radius 1 is 1.34 bits per heavy atom. The van der Waals surface area contributed by atoms with Crippen LogP contribution >= 0.6 is 23.1 Å². The number of hydrogen-bond acceptors (Lipinski definition) is 5. The number of thiophene rings is 1. The van der Waals surface area contributed by atoms with Gasteiger partial charge in [0.05, 0.1) is 11.1 Å². The van der Waals surface area contributed by atoms with E-state index in [0.29, 0.717) is 29.3 Å². The minimum atomic E-state index is -0.300. The Morgan fingerprint density at radius 3 is 3.00 bits per heavy atom. The van der Waals surface area contributed by atoms with Gasteiger partial charge in [-0.3, -0.25) is 9.59 Å². The van der Waals surface area contributed by atoms with E-state index >= 15 is 0 Å². The molecule has 0 aliphatic heterocycles. The monoisotopic (exact) mass is 431 g/mol. The first kappa shape index (κ1) is 20.1. The summed E-state index contributed by atoms with van der Waals surface area (Å²) in [6.45, 7) is 0.255. The van der Waals surface area contributed by atoms with E-state index in [4.69, 9.17) is 0 Å². The summed E-state index contributed by atoms with van der Waals surface area (Å²) in [6.07, 6.45) is 3.49. The number of carbonyl (C=O) groups excluding carboxylic acids is 1. The fraction of sp³-hybridized carbons (Fsp3) is 0.381. The molecule has 152 valence electrons. The number of thioether (sulfide) groups is 1. The molecule has 1 aliphatic carbocycles. The molecular weight excluding hydrogens is 409 g/mol. The summed E-state index contributed by atoms with van der Waals surface area (Å²) >= 11 is 3.19. The highest BCUT2D eigenvalue weighted by Gasteiger charge is 2.21. The molecule has 2 heterocycles. The van der Waals surface area contributed by atoms with Gasteiger partial charge in [0, 0.05) is 36.2 Å². The van der Waals surface area contributed by atoms with Crippen LogP contribution in [0.25, 0.3) is 10.2 Å². The minimum absolute atomic E-state index is 0.0349. The van der Waals surface area contributed by atoms with Gasteiger partial charge in [0.25, 0.3) is 5.56 Å². The van der Waals surface area contributed by atoms with Crippen LogP contribution in [0, 0.1) is 5.82 Å². The predicted octanol–water partition coefficient (Wildman–Crippen LogP) is 3.89. The molecule has 1 N–H and O–H groups in total. The number of fused-ring (bicyclic) bond motifs is 3. The van der Waals surface area contributed by atoms with Gasteiger partial charge in [-0.05, 0) is 30.9 Å². The van der Waals surface area contributed by atoms with Gasteiger partial charge in [0.1, 0.15) is 16.5 Å². The fourth-order valence-corrected chi connectivity index (χ4v) is 5.68. The number of aromatic amines is 1. The van der Waals surface area contributed by atoms with Crippen LogP contribution in [0.15, 0.2) is 29.1 Å². The first-order chi connectivity index (χ1) is 14.0. The Balaban J connectivity index is 1.30. The second-order valence-corrected chi connectivity index (χ2v) is 9.38. The lowest BCUT2D eigenvalue weighted by Gasteiger charge is -2.17. The van der Waals surface area contributed by atoms with Crippen molar-refractivity contribution in [1.82, 2.24) is 14.9 Å². The number of rotatable bonds is 7. The number of H-pyrrole nitrogens is 1. The van der Waals surface area contributed by atoms with Crippen molar-refractivity contribution in [3.05, 3.63) is 62.3 Å². The van der Waals surface area contributed by atoms with Crippen LogP contribution in [-0.2, 0) is 29.9 Å². The Labute approximate surface area is 176 Å². The number of halogens is 1. The van der Waals surface area contributed by atoms with E-state index in [1.165, 1.54) is 16.5 Å². The number of aryl methyl sites for hydroxylation is 2. The normalized spacial score (nSPS) is 13.0. The van der Waals surface area contributed by atoms with Gasteiger partial charge in [0.15, 0.2) is 0 Å². The first-order valence-electron chi connectivity index (χ1n) is 9.61. The van der Waals surface area contributed by atoms with Crippen LogP contribution in [0.2, 0.25) is 0 Å². The fourth-order valence-electron chi connectivity index (χ4n) is 3.60. The lowest BCUT2D eigenvalue weighted by Crippen LogP contribution is -2.26. The molecule has 8 heteroatoms. The van der Waals surface area contributed by atoms with E-state index in [1.807, 2.05) is 0 Å². The van der Waals surface area contributed by atoms with Gasteiger partial charge < -0.3 is 9.88 Å². The van der Waals surface area contributed by atoms with Gasteiger partial charge in [-0.15, -0.1) is 11.3 Å². The van der Waals surface area contributed by atoms with Crippen molar-refractivity contribution in [2.45, 2.75) is 38.0 Å². The molecule has 2 aromatic heterocycles. The molecule has 29 heavy (non-hydrogen) atoms. The van der Waals surface area contributed by atoms with E-state index in [9.17, 15) is 14.0 Å². The van der Waals surface area contributed by atoms with Gasteiger partial charge in [-0.25, -0.2) is 9.37 Å². The zero-order chi connectivity index (χ0) is 20.4. The number of nitrogens with one attached hydrogen (secondary N) is 1. The summed E-state index contributed by atoms with van der Waals surface area (Å²) in [7, 11) is 1.68. The summed E-state index contributed by atoms with van der Waals surface area (Å²) < 4.78 is 13.7. The zero-order valence-corrected chi connectivity index (χ0v) is 17.8. The van der Waals surface area contributed by atoms with Crippen molar-refractivity contribution in [2.75, 3.05) is 12.8 Å². The number of hydrogen-bond donors (Lipinski definition) is 1.